The molecule has 25 heavy (non-hydrogen) atoms. The van der Waals surface area contributed by atoms with Crippen LogP contribution in [0.1, 0.15) is 60.9 Å². The summed E-state index contributed by atoms with van der Waals surface area (Å²) in [7, 11) is 1.83. The van der Waals surface area contributed by atoms with E-state index in [1.807, 2.05) is 18.0 Å². The molecule has 0 N–H and O–H groups in total. The molecule has 134 valence electrons. The van der Waals surface area contributed by atoms with Gasteiger partial charge in [-0.15, -0.1) is 0 Å². The molecule has 3 rings (SSSR count). The topological polar surface area (TPSA) is 38.1 Å². The van der Waals surface area contributed by atoms with E-state index in [0.29, 0.717) is 11.6 Å². The second kappa shape index (κ2) is 7.38. The van der Waals surface area contributed by atoms with Crippen molar-refractivity contribution in [3.63, 3.8) is 0 Å². The Balaban J connectivity index is 1.86. The number of carbonyl (C=O) groups is 1. The smallest absolute Gasteiger partial charge is 0.272 e. The van der Waals surface area contributed by atoms with Gasteiger partial charge in [-0.2, -0.15) is 5.10 Å². The summed E-state index contributed by atoms with van der Waals surface area (Å²) < 4.78 is 14.9. The summed E-state index contributed by atoms with van der Waals surface area (Å²) in [4.78, 5) is 15.1. The Morgan fingerprint density at radius 2 is 2.00 bits per heavy atom. The third-order valence-corrected chi connectivity index (χ3v) is 4.79. The van der Waals surface area contributed by atoms with Crippen molar-refractivity contribution in [3.8, 4) is 0 Å². The molecule has 1 aliphatic heterocycles. The van der Waals surface area contributed by atoms with Crippen LogP contribution in [-0.4, -0.2) is 27.1 Å². The highest BCUT2D eigenvalue weighted by Gasteiger charge is 2.30. The van der Waals surface area contributed by atoms with Crippen molar-refractivity contribution in [1.29, 1.82) is 0 Å². The molecule has 2 aromatic rings. The minimum Gasteiger partial charge on any atom is -0.330 e. The molecular formula is C20H26FN3O. The van der Waals surface area contributed by atoms with E-state index >= 15 is 0 Å². The highest BCUT2D eigenvalue weighted by molar-refractivity contribution is 5.93. The summed E-state index contributed by atoms with van der Waals surface area (Å²) in [5.74, 6) is 0.265. The monoisotopic (exact) mass is 343 g/mol. The van der Waals surface area contributed by atoms with Crippen molar-refractivity contribution in [3.05, 3.63) is 53.1 Å². The molecule has 4 nitrogen and oxygen atoms in total. The molecule has 0 aliphatic carbocycles. The highest BCUT2D eigenvalue weighted by Crippen LogP contribution is 2.32. The molecule has 2 heterocycles. The van der Waals surface area contributed by atoms with Crippen LogP contribution >= 0.6 is 0 Å². The number of aryl methyl sites for hydroxylation is 1. The third-order valence-electron chi connectivity index (χ3n) is 4.79. The maximum atomic E-state index is 13.2. The van der Waals surface area contributed by atoms with Gasteiger partial charge in [0.1, 0.15) is 11.5 Å². The normalized spacial score (nSPS) is 18.0. The van der Waals surface area contributed by atoms with Gasteiger partial charge in [-0.3, -0.25) is 9.48 Å². The lowest BCUT2D eigenvalue weighted by Gasteiger charge is -2.36. The summed E-state index contributed by atoms with van der Waals surface area (Å²) in [6.45, 7) is 5.02. The maximum absolute atomic E-state index is 13.2. The van der Waals surface area contributed by atoms with Crippen LogP contribution in [0.15, 0.2) is 30.3 Å². The summed E-state index contributed by atoms with van der Waals surface area (Å²) in [5.41, 5.74) is 2.58. The Morgan fingerprint density at radius 1 is 1.28 bits per heavy atom. The summed E-state index contributed by atoms with van der Waals surface area (Å²) in [6.07, 6.45) is 3.85. The van der Waals surface area contributed by atoms with Gasteiger partial charge >= 0.3 is 0 Å². The first-order chi connectivity index (χ1) is 12.0. The zero-order chi connectivity index (χ0) is 18.0. The number of aromatic nitrogens is 2. The lowest BCUT2D eigenvalue weighted by molar-refractivity contribution is 0.0600. The van der Waals surface area contributed by atoms with E-state index in [2.05, 4.69) is 18.9 Å². The summed E-state index contributed by atoms with van der Waals surface area (Å²) >= 11 is 0. The predicted molar refractivity (Wildman–Crippen MR) is 95.8 cm³/mol. The van der Waals surface area contributed by atoms with Crippen LogP contribution in [0.5, 0.6) is 0 Å². The number of amides is 1. The average molecular weight is 343 g/mol. The van der Waals surface area contributed by atoms with E-state index in [1.165, 1.54) is 12.1 Å². The van der Waals surface area contributed by atoms with Crippen LogP contribution in [-0.2, 0) is 13.5 Å². The zero-order valence-electron chi connectivity index (χ0n) is 15.2. The molecule has 1 fully saturated rings. The van der Waals surface area contributed by atoms with E-state index in [-0.39, 0.29) is 17.8 Å². The van der Waals surface area contributed by atoms with Crippen LogP contribution < -0.4 is 0 Å². The number of likely N-dealkylation sites (tertiary alicyclic amines) is 1. The quantitative estimate of drug-likeness (QED) is 0.837. The van der Waals surface area contributed by atoms with Crippen molar-refractivity contribution in [2.75, 3.05) is 6.54 Å². The fourth-order valence-electron chi connectivity index (χ4n) is 3.60. The van der Waals surface area contributed by atoms with Gasteiger partial charge in [-0.05, 0) is 55.4 Å². The van der Waals surface area contributed by atoms with Crippen molar-refractivity contribution >= 4 is 5.91 Å². The Labute approximate surface area is 148 Å². The number of halogens is 1. The zero-order valence-corrected chi connectivity index (χ0v) is 15.2. The second-order valence-corrected chi connectivity index (χ2v) is 7.30. The molecule has 0 saturated carbocycles. The van der Waals surface area contributed by atoms with E-state index < -0.39 is 0 Å². The fourth-order valence-corrected chi connectivity index (χ4v) is 3.60. The number of carbonyl (C=O) groups excluding carboxylic acids is 1. The average Bonchev–Trinajstić information content (AvgIpc) is 2.94. The lowest BCUT2D eigenvalue weighted by atomic mass is 9.95. The minimum absolute atomic E-state index is 0.00491. The Bertz CT molecular complexity index is 736. The minimum atomic E-state index is -0.248. The first-order valence-corrected chi connectivity index (χ1v) is 9.05. The molecule has 1 atom stereocenters. The van der Waals surface area contributed by atoms with Crippen LogP contribution in [0.25, 0.3) is 0 Å². The first-order valence-electron chi connectivity index (χ1n) is 9.05. The number of benzene rings is 1. The fraction of sp³-hybridized carbons (Fsp3) is 0.500. The van der Waals surface area contributed by atoms with Gasteiger partial charge in [0.05, 0.1) is 11.7 Å². The van der Waals surface area contributed by atoms with Gasteiger partial charge in [0, 0.05) is 13.6 Å². The van der Waals surface area contributed by atoms with Gasteiger partial charge in [0.25, 0.3) is 5.91 Å². The van der Waals surface area contributed by atoms with Gasteiger partial charge in [0.2, 0.25) is 0 Å². The molecular weight excluding hydrogens is 317 g/mol. The number of rotatable bonds is 4. The van der Waals surface area contributed by atoms with Gasteiger partial charge in [0.15, 0.2) is 0 Å². The SMILES string of the molecule is CC(C)Cc1cc(C(=O)N2CCCC[C@H]2c2ccc(F)cc2)n(C)n1. The third kappa shape index (κ3) is 3.91. The Kier molecular flexibility index (Phi) is 5.21. The molecule has 1 saturated heterocycles. The van der Waals surface area contributed by atoms with Crippen LogP contribution in [0.2, 0.25) is 0 Å². The van der Waals surface area contributed by atoms with Crippen molar-refractivity contribution in [1.82, 2.24) is 14.7 Å². The molecule has 1 aromatic carbocycles. The van der Waals surface area contributed by atoms with Crippen LogP contribution in [0.3, 0.4) is 0 Å². The number of piperidine rings is 1. The molecule has 0 bridgehead atoms. The molecule has 1 amide bonds. The second-order valence-electron chi connectivity index (χ2n) is 7.30. The molecule has 1 aromatic heterocycles. The number of hydrogen-bond acceptors (Lipinski definition) is 2. The Hall–Kier alpha value is -2.17. The van der Waals surface area contributed by atoms with Gasteiger partial charge < -0.3 is 4.90 Å². The maximum Gasteiger partial charge on any atom is 0.272 e. The number of nitrogens with zero attached hydrogens (tertiary/aromatic N) is 3. The summed E-state index contributed by atoms with van der Waals surface area (Å²) in [6, 6.07) is 8.44. The summed E-state index contributed by atoms with van der Waals surface area (Å²) in [5, 5.41) is 4.50. The van der Waals surface area contributed by atoms with Crippen molar-refractivity contribution in [2.24, 2.45) is 13.0 Å². The van der Waals surface area contributed by atoms with E-state index in [4.69, 9.17) is 0 Å². The largest absolute Gasteiger partial charge is 0.330 e. The molecule has 0 radical (unpaired) electrons. The van der Waals surface area contributed by atoms with E-state index in [9.17, 15) is 9.18 Å². The van der Waals surface area contributed by atoms with Crippen LogP contribution in [0, 0.1) is 11.7 Å². The van der Waals surface area contributed by atoms with E-state index in [1.54, 1.807) is 16.8 Å². The molecule has 1 aliphatic rings. The van der Waals surface area contributed by atoms with Crippen molar-refractivity contribution in [2.45, 2.75) is 45.6 Å². The standard InChI is InChI=1S/C20H26FN3O/c1-14(2)12-17-13-19(23(3)22-17)20(25)24-11-5-4-6-18(24)15-7-9-16(21)10-8-15/h7-10,13-14,18H,4-6,11-12H2,1-3H3/t18-/m0/s1. The first kappa shape index (κ1) is 17.6. The van der Waals surface area contributed by atoms with E-state index in [0.717, 1.165) is 43.5 Å². The molecule has 0 unspecified atom stereocenters. The Morgan fingerprint density at radius 3 is 2.68 bits per heavy atom. The van der Waals surface area contributed by atoms with Gasteiger partial charge in [-0.25, -0.2) is 4.39 Å². The van der Waals surface area contributed by atoms with Crippen molar-refractivity contribution < 1.29 is 9.18 Å². The van der Waals surface area contributed by atoms with Crippen LogP contribution in [0.4, 0.5) is 4.39 Å². The number of hydrogen-bond donors (Lipinski definition) is 0. The molecule has 0 spiro atoms. The molecule has 5 heteroatoms. The predicted octanol–water partition coefficient (Wildman–Crippen LogP) is 4.13. The highest BCUT2D eigenvalue weighted by atomic mass is 19.1. The lowest BCUT2D eigenvalue weighted by Crippen LogP contribution is -2.39. The van der Waals surface area contributed by atoms with Gasteiger partial charge in [-0.1, -0.05) is 26.0 Å².